The number of nitrogens with zero attached hydrogens (tertiary/aromatic N) is 1. The molecule has 96 valence electrons. The molecule has 1 rings (SSSR count). The molecule has 0 saturated carbocycles. The average molecular weight is 269 g/mol. The second-order valence-electron chi connectivity index (χ2n) is 3.28. The summed E-state index contributed by atoms with van der Waals surface area (Å²) >= 11 is 0. The third kappa shape index (κ3) is 7.12. The van der Waals surface area contributed by atoms with Gasteiger partial charge in [-0.3, -0.25) is 0 Å². The summed E-state index contributed by atoms with van der Waals surface area (Å²) in [6, 6.07) is 3.91. The smallest absolute Gasteiger partial charge is 0.117 e. The van der Waals surface area contributed by atoms with Gasteiger partial charge in [-0.05, 0) is 25.2 Å². The fraction of sp³-hybridized carbons (Fsp3) is 0.636. The van der Waals surface area contributed by atoms with E-state index in [1.165, 1.54) is 0 Å². The molecule has 16 heavy (non-hydrogen) atoms. The lowest BCUT2D eigenvalue weighted by Gasteiger charge is -2.17. The molecule has 1 N–H and O–H groups in total. The molecule has 1 aromatic rings. The Morgan fingerprint density at radius 3 is 2.44 bits per heavy atom. The Bertz CT molecular complexity index is 226. The summed E-state index contributed by atoms with van der Waals surface area (Å²) < 4.78 is 5.22. The van der Waals surface area contributed by atoms with E-state index >= 15 is 0 Å². The van der Waals surface area contributed by atoms with Gasteiger partial charge >= 0.3 is 0 Å². The normalized spacial score (nSPS) is 9.69. The van der Waals surface area contributed by atoms with Crippen LogP contribution in [0, 0.1) is 0 Å². The lowest BCUT2D eigenvalue weighted by molar-refractivity contribution is 0.300. The van der Waals surface area contributed by atoms with Crippen molar-refractivity contribution in [3.05, 3.63) is 24.2 Å². The number of hydrogen-bond acceptors (Lipinski definition) is 3. The third-order valence-electron chi connectivity index (χ3n) is 2.38. The van der Waals surface area contributed by atoms with E-state index in [9.17, 15) is 0 Å². The van der Waals surface area contributed by atoms with Gasteiger partial charge in [-0.2, -0.15) is 0 Å². The van der Waals surface area contributed by atoms with Crippen molar-refractivity contribution >= 4 is 24.8 Å². The zero-order valence-electron chi connectivity index (χ0n) is 9.94. The van der Waals surface area contributed by atoms with Crippen LogP contribution in [0.4, 0.5) is 0 Å². The highest BCUT2D eigenvalue weighted by atomic mass is 35.5. The van der Waals surface area contributed by atoms with Gasteiger partial charge in [0, 0.05) is 13.1 Å². The van der Waals surface area contributed by atoms with E-state index < -0.39 is 0 Å². The summed E-state index contributed by atoms with van der Waals surface area (Å²) in [5, 5.41) is 3.35. The fourth-order valence-electron chi connectivity index (χ4n) is 1.40. The van der Waals surface area contributed by atoms with Gasteiger partial charge in [0.2, 0.25) is 0 Å². The summed E-state index contributed by atoms with van der Waals surface area (Å²) in [7, 11) is 0. The maximum atomic E-state index is 5.22. The number of nitrogens with one attached hydrogen (secondary N) is 1. The maximum absolute atomic E-state index is 5.22. The van der Waals surface area contributed by atoms with E-state index in [0.717, 1.165) is 38.5 Å². The molecule has 0 amide bonds. The first-order chi connectivity index (χ1) is 6.86. The van der Waals surface area contributed by atoms with Gasteiger partial charge in [-0.1, -0.05) is 13.8 Å². The van der Waals surface area contributed by atoms with Crippen LogP contribution in [-0.4, -0.2) is 31.1 Å². The second-order valence-corrected chi connectivity index (χ2v) is 3.28. The fourth-order valence-corrected chi connectivity index (χ4v) is 1.40. The van der Waals surface area contributed by atoms with Gasteiger partial charge in [-0.25, -0.2) is 0 Å². The number of likely N-dealkylation sites (N-methyl/N-ethyl adjacent to an activating group) is 1. The molecular weight excluding hydrogens is 247 g/mol. The molecule has 0 aliphatic rings. The number of rotatable bonds is 7. The minimum absolute atomic E-state index is 0. The van der Waals surface area contributed by atoms with E-state index in [4.69, 9.17) is 4.42 Å². The Balaban J connectivity index is 0. The number of furan rings is 1. The van der Waals surface area contributed by atoms with E-state index in [2.05, 4.69) is 24.1 Å². The molecule has 1 heterocycles. The lowest BCUT2D eigenvalue weighted by atomic mass is 10.4. The van der Waals surface area contributed by atoms with E-state index in [1.54, 1.807) is 6.26 Å². The molecule has 1 aromatic heterocycles. The molecule has 0 atom stereocenters. The SMILES string of the molecule is CCN(CC)CCNCc1ccco1.Cl.Cl. The van der Waals surface area contributed by atoms with Gasteiger partial charge in [0.25, 0.3) is 0 Å². The zero-order chi connectivity index (χ0) is 10.2. The predicted molar refractivity (Wildman–Crippen MR) is 72.7 cm³/mol. The van der Waals surface area contributed by atoms with Crippen LogP contribution in [0.25, 0.3) is 0 Å². The van der Waals surface area contributed by atoms with Crippen molar-refractivity contribution in [2.75, 3.05) is 26.2 Å². The minimum Gasteiger partial charge on any atom is -0.468 e. The molecule has 0 spiro atoms. The third-order valence-corrected chi connectivity index (χ3v) is 2.38. The van der Waals surface area contributed by atoms with Crippen LogP contribution in [0.2, 0.25) is 0 Å². The maximum Gasteiger partial charge on any atom is 0.117 e. The molecule has 0 bridgehead atoms. The molecule has 5 heteroatoms. The van der Waals surface area contributed by atoms with Gasteiger partial charge in [0.15, 0.2) is 0 Å². The minimum atomic E-state index is 0. The zero-order valence-corrected chi connectivity index (χ0v) is 11.6. The van der Waals surface area contributed by atoms with Crippen molar-refractivity contribution < 1.29 is 4.42 Å². The molecule has 0 radical (unpaired) electrons. The van der Waals surface area contributed by atoms with Crippen LogP contribution >= 0.6 is 24.8 Å². The van der Waals surface area contributed by atoms with E-state index in [0.29, 0.717) is 0 Å². The van der Waals surface area contributed by atoms with Crippen molar-refractivity contribution in [3.8, 4) is 0 Å². The predicted octanol–water partition coefficient (Wildman–Crippen LogP) is 2.55. The summed E-state index contributed by atoms with van der Waals surface area (Å²) in [6.45, 7) is 9.58. The first-order valence-corrected chi connectivity index (χ1v) is 5.32. The van der Waals surface area contributed by atoms with Crippen LogP contribution in [0.5, 0.6) is 0 Å². The Labute approximate surface area is 110 Å². The lowest BCUT2D eigenvalue weighted by Crippen LogP contribution is -2.31. The van der Waals surface area contributed by atoms with Gasteiger partial charge < -0.3 is 14.6 Å². The topological polar surface area (TPSA) is 28.4 Å². The van der Waals surface area contributed by atoms with E-state index in [-0.39, 0.29) is 24.8 Å². The van der Waals surface area contributed by atoms with Gasteiger partial charge in [0.1, 0.15) is 5.76 Å². The average Bonchev–Trinajstić information content (AvgIpc) is 2.71. The summed E-state index contributed by atoms with van der Waals surface area (Å²) in [4.78, 5) is 2.40. The van der Waals surface area contributed by atoms with E-state index in [1.807, 2.05) is 12.1 Å². The van der Waals surface area contributed by atoms with Crippen LogP contribution < -0.4 is 5.32 Å². The molecule has 3 nitrogen and oxygen atoms in total. The van der Waals surface area contributed by atoms with Gasteiger partial charge in [-0.15, -0.1) is 24.8 Å². The number of halogens is 2. The van der Waals surface area contributed by atoms with Crippen molar-refractivity contribution in [2.24, 2.45) is 0 Å². The first-order valence-electron chi connectivity index (χ1n) is 5.32. The van der Waals surface area contributed by atoms with Crippen molar-refractivity contribution in [2.45, 2.75) is 20.4 Å². The molecule has 0 unspecified atom stereocenters. The van der Waals surface area contributed by atoms with Crippen molar-refractivity contribution in [1.82, 2.24) is 10.2 Å². The summed E-state index contributed by atoms with van der Waals surface area (Å²) in [6.07, 6.45) is 1.71. The highest BCUT2D eigenvalue weighted by Gasteiger charge is 1.98. The molecule has 0 aliphatic carbocycles. The quantitative estimate of drug-likeness (QED) is 0.771. The standard InChI is InChI=1S/C11H20N2O.2ClH/c1-3-13(4-2)8-7-12-10-11-6-5-9-14-11;;/h5-6,9,12H,3-4,7-8,10H2,1-2H3;2*1H. The molecule has 0 saturated heterocycles. The first kappa shape index (κ1) is 18.2. The second kappa shape index (κ2) is 11.3. The molecule has 0 aliphatic heterocycles. The van der Waals surface area contributed by atoms with Crippen LogP contribution in [-0.2, 0) is 6.54 Å². The largest absolute Gasteiger partial charge is 0.468 e. The molecule has 0 aromatic carbocycles. The highest BCUT2D eigenvalue weighted by molar-refractivity contribution is 5.85. The van der Waals surface area contributed by atoms with Crippen molar-refractivity contribution in [1.29, 1.82) is 0 Å². The molecular formula is C11H22Cl2N2O. The van der Waals surface area contributed by atoms with Crippen LogP contribution in [0.1, 0.15) is 19.6 Å². The van der Waals surface area contributed by atoms with Crippen LogP contribution in [0.15, 0.2) is 22.8 Å². The monoisotopic (exact) mass is 268 g/mol. The Kier molecular flexibility index (Phi) is 12.8. The Morgan fingerprint density at radius 2 is 1.94 bits per heavy atom. The highest BCUT2D eigenvalue weighted by Crippen LogP contribution is 1.97. The van der Waals surface area contributed by atoms with Gasteiger partial charge in [0.05, 0.1) is 12.8 Å². The Morgan fingerprint density at radius 1 is 1.25 bits per heavy atom. The van der Waals surface area contributed by atoms with Crippen LogP contribution in [0.3, 0.4) is 0 Å². The molecule has 0 fully saturated rings. The number of hydrogen-bond donors (Lipinski definition) is 1. The van der Waals surface area contributed by atoms with Crippen molar-refractivity contribution in [3.63, 3.8) is 0 Å². The Hall–Kier alpha value is -0.220. The summed E-state index contributed by atoms with van der Waals surface area (Å²) in [5.74, 6) is 1.00. The summed E-state index contributed by atoms with van der Waals surface area (Å²) in [5.41, 5.74) is 0.